The van der Waals surface area contributed by atoms with Gasteiger partial charge in [0.25, 0.3) is 0 Å². The Hall–Kier alpha value is -3.81. The fourth-order valence-corrected chi connectivity index (χ4v) is 12.3. The average Bonchev–Trinajstić information content (AvgIpc) is 0.783. The molecule has 12 N–H and O–H groups in total. The first kappa shape index (κ1) is 90.4. The maximum Gasteiger partial charge on any atom is 0.220 e. The third-order valence-electron chi connectivity index (χ3n) is 18.5. The third-order valence-corrected chi connectivity index (χ3v) is 18.5. The molecule has 0 saturated carbocycles. The average molecular weight is 1410 g/mol. The van der Waals surface area contributed by atoms with Crippen LogP contribution in [-0.4, -0.2) is 193 Å². The number of ether oxygens (including phenoxy) is 6. The van der Waals surface area contributed by atoms with E-state index in [2.05, 4.69) is 129 Å². The lowest BCUT2D eigenvalue weighted by molar-refractivity contribution is -0.379. The van der Waals surface area contributed by atoms with Crippen molar-refractivity contribution in [2.75, 3.05) is 26.4 Å². The van der Waals surface area contributed by atoms with E-state index in [4.69, 9.17) is 28.4 Å². The number of carbonyl (C=O) groups is 1. The van der Waals surface area contributed by atoms with Crippen molar-refractivity contribution in [2.45, 2.75) is 356 Å². The number of aliphatic hydroxyl groups is 11. The van der Waals surface area contributed by atoms with E-state index in [1.165, 1.54) is 116 Å². The topological polar surface area (TPSA) is 307 Å². The minimum absolute atomic E-state index is 0.201. The summed E-state index contributed by atoms with van der Waals surface area (Å²) in [5, 5.41) is 121. The number of aliphatic hydroxyl groups excluding tert-OH is 11. The zero-order chi connectivity index (χ0) is 72.5. The molecule has 3 aliphatic rings. The molecule has 0 aromatic rings. The molecule has 3 aliphatic heterocycles. The van der Waals surface area contributed by atoms with Crippen molar-refractivity contribution in [3.63, 3.8) is 0 Å². The van der Waals surface area contributed by atoms with Gasteiger partial charge in [0.1, 0.15) is 73.2 Å². The van der Waals surface area contributed by atoms with Crippen LogP contribution in [0.5, 0.6) is 0 Å². The van der Waals surface area contributed by atoms with Crippen LogP contribution in [0.1, 0.15) is 251 Å². The second-order valence-corrected chi connectivity index (χ2v) is 27.1. The minimum Gasteiger partial charge on any atom is -0.394 e. The van der Waals surface area contributed by atoms with Crippen LogP contribution in [0, 0.1) is 0 Å². The van der Waals surface area contributed by atoms with Crippen molar-refractivity contribution in [2.24, 2.45) is 0 Å². The molecule has 574 valence electrons. The molecule has 0 spiro atoms. The Kier molecular flexibility index (Phi) is 54.7. The van der Waals surface area contributed by atoms with Gasteiger partial charge >= 0.3 is 0 Å². The predicted octanol–water partition coefficient (Wildman–Crippen LogP) is 12.3. The summed E-state index contributed by atoms with van der Waals surface area (Å²) < 4.78 is 34.4. The van der Waals surface area contributed by atoms with Crippen LogP contribution in [0.4, 0.5) is 0 Å². The predicted molar refractivity (Wildman–Crippen MR) is 397 cm³/mol. The molecule has 17 atom stereocenters. The molecule has 1 amide bonds. The monoisotopic (exact) mass is 1410 g/mol. The Bertz CT molecular complexity index is 2280. The number of carbonyl (C=O) groups excluding carboxylic acids is 1. The zero-order valence-electron chi connectivity index (χ0n) is 61.1. The molecule has 19 heteroatoms. The van der Waals surface area contributed by atoms with Gasteiger partial charge < -0.3 is 89.9 Å². The van der Waals surface area contributed by atoms with Gasteiger partial charge in [-0.1, -0.05) is 264 Å². The first-order valence-corrected chi connectivity index (χ1v) is 38.8. The van der Waals surface area contributed by atoms with E-state index < -0.39 is 124 Å². The van der Waals surface area contributed by atoms with Gasteiger partial charge in [0, 0.05) is 6.42 Å². The van der Waals surface area contributed by atoms with E-state index in [1.807, 2.05) is 6.08 Å². The molecule has 100 heavy (non-hydrogen) atoms. The number of unbranched alkanes of at least 4 members (excludes halogenated alkanes) is 25. The summed E-state index contributed by atoms with van der Waals surface area (Å²) in [5.74, 6) is -0.312. The summed E-state index contributed by atoms with van der Waals surface area (Å²) in [4.78, 5) is 13.4. The van der Waals surface area contributed by atoms with Crippen LogP contribution < -0.4 is 5.32 Å². The fourth-order valence-electron chi connectivity index (χ4n) is 12.3. The molecule has 3 saturated heterocycles. The molecule has 0 aliphatic carbocycles. The van der Waals surface area contributed by atoms with Gasteiger partial charge in [-0.15, -0.1) is 0 Å². The lowest BCUT2D eigenvalue weighted by Gasteiger charge is -2.48. The Labute approximate surface area is 601 Å². The standard InChI is InChI=1S/C81H137NO18/c1-3-5-7-9-11-13-15-17-19-21-23-25-27-29-31-33-34-36-38-40-42-44-46-48-50-52-54-56-58-65(86)64(82-69(87)59-57-55-53-51-49-47-45-43-41-39-37-35-32-30-28-26-24-22-20-18-16-14-12-10-8-6-4-2)63-95-79-75(93)72(90)77(67(61-84)97-79)100-81-76(94)73(91)78(68(62-85)98-81)99-80-74(92)71(89)70(88)66(60-83)96-80/h6,8,12,14,18,20,24,26,30,32,37,39-40,42-43,45,48,50,56,58,64-68,70-81,83-86,88-94H,3-5,7,9-11,13,15-17,19,21-23,25,27-29,31,33-36,38,41,44,46-47,49,51-55,57,59-63H2,1-2H3,(H,82,87)/b8-6-,14-12-,20-18-,26-24-,32-30-,39-37-,42-40+,45-43-,50-48+,58-56+. The molecular formula is C81H137NO18. The largest absolute Gasteiger partial charge is 0.394 e. The van der Waals surface area contributed by atoms with Crippen molar-refractivity contribution < 1.29 is 89.4 Å². The highest BCUT2D eigenvalue weighted by molar-refractivity contribution is 5.76. The third kappa shape index (κ3) is 40.5. The highest BCUT2D eigenvalue weighted by atomic mass is 16.8. The number of hydrogen-bond acceptors (Lipinski definition) is 18. The van der Waals surface area contributed by atoms with E-state index in [1.54, 1.807) is 6.08 Å². The maximum atomic E-state index is 13.4. The number of nitrogens with one attached hydrogen (secondary N) is 1. The summed E-state index contributed by atoms with van der Waals surface area (Å²) in [6.07, 6.45) is 57.5. The van der Waals surface area contributed by atoms with E-state index in [0.29, 0.717) is 12.8 Å². The van der Waals surface area contributed by atoms with Crippen LogP contribution in [-0.2, 0) is 33.2 Å². The molecule has 17 unspecified atom stereocenters. The Balaban J connectivity index is 1.43. The second-order valence-electron chi connectivity index (χ2n) is 27.1. The van der Waals surface area contributed by atoms with E-state index in [0.717, 1.165) is 103 Å². The van der Waals surface area contributed by atoms with Gasteiger partial charge in [-0.05, 0) is 103 Å². The van der Waals surface area contributed by atoms with Crippen LogP contribution >= 0.6 is 0 Å². The van der Waals surface area contributed by atoms with E-state index in [9.17, 15) is 61.0 Å². The van der Waals surface area contributed by atoms with Crippen LogP contribution in [0.25, 0.3) is 0 Å². The maximum absolute atomic E-state index is 13.4. The summed E-state index contributed by atoms with van der Waals surface area (Å²) in [6, 6.07) is -1.02. The van der Waals surface area contributed by atoms with Gasteiger partial charge in [-0.2, -0.15) is 0 Å². The highest BCUT2D eigenvalue weighted by Gasteiger charge is 2.53. The molecule has 0 radical (unpaired) electrons. The SMILES string of the molecule is CC/C=C\C/C=C\C/C=C\C/C=C\C/C=C\C/C=C\C/C=C\CCCCCCCC(=O)NC(COC1OC(CO)C(OC2OC(CO)C(OC3OC(CO)C(O)C(O)C3O)C(O)C2O)C(O)C1O)C(O)/C=C/CC/C=C/CC/C=C/CCCCCCCCCCCCCCCCCCCC. The molecule has 0 aromatic heterocycles. The Morgan fingerprint density at radius 1 is 0.370 bits per heavy atom. The fraction of sp³-hybridized carbons (Fsp3) is 0.741. The van der Waals surface area contributed by atoms with Gasteiger partial charge in [0.15, 0.2) is 18.9 Å². The van der Waals surface area contributed by atoms with Crippen molar-refractivity contribution in [1.29, 1.82) is 0 Å². The normalized spacial score (nSPS) is 27.1. The second kappa shape index (κ2) is 60.5. The molecule has 3 rings (SSSR count). The lowest BCUT2D eigenvalue weighted by Crippen LogP contribution is -2.66. The molecule has 19 nitrogen and oxygen atoms in total. The lowest BCUT2D eigenvalue weighted by atomic mass is 9.96. The molecule has 3 heterocycles. The first-order valence-electron chi connectivity index (χ1n) is 38.8. The van der Waals surface area contributed by atoms with Crippen LogP contribution in [0.2, 0.25) is 0 Å². The zero-order valence-corrected chi connectivity index (χ0v) is 61.1. The van der Waals surface area contributed by atoms with Crippen molar-refractivity contribution in [3.05, 3.63) is 122 Å². The quantitative estimate of drug-likeness (QED) is 0.0199. The van der Waals surface area contributed by atoms with E-state index in [-0.39, 0.29) is 18.9 Å². The number of rotatable bonds is 59. The van der Waals surface area contributed by atoms with Gasteiger partial charge in [-0.3, -0.25) is 4.79 Å². The van der Waals surface area contributed by atoms with Gasteiger partial charge in [0.2, 0.25) is 5.91 Å². The van der Waals surface area contributed by atoms with Crippen molar-refractivity contribution in [3.8, 4) is 0 Å². The molecule has 0 aromatic carbocycles. The number of amides is 1. The summed E-state index contributed by atoms with van der Waals surface area (Å²) in [7, 11) is 0. The Morgan fingerprint density at radius 3 is 1.12 bits per heavy atom. The van der Waals surface area contributed by atoms with Crippen LogP contribution in [0.3, 0.4) is 0 Å². The number of allylic oxidation sites excluding steroid dienone is 19. The van der Waals surface area contributed by atoms with Crippen molar-refractivity contribution in [1.82, 2.24) is 5.32 Å². The summed E-state index contributed by atoms with van der Waals surface area (Å²) in [6.45, 7) is 1.58. The Morgan fingerprint density at radius 2 is 0.700 bits per heavy atom. The highest BCUT2D eigenvalue weighted by Crippen LogP contribution is 2.33. The number of hydrogen-bond donors (Lipinski definition) is 12. The molecule has 3 fully saturated rings. The molecular weight excluding hydrogens is 1270 g/mol. The summed E-state index contributed by atoms with van der Waals surface area (Å²) >= 11 is 0. The van der Waals surface area contributed by atoms with Gasteiger partial charge in [-0.25, -0.2) is 0 Å². The first-order chi connectivity index (χ1) is 48.8. The van der Waals surface area contributed by atoms with Crippen LogP contribution in [0.15, 0.2) is 122 Å². The van der Waals surface area contributed by atoms with E-state index >= 15 is 0 Å². The van der Waals surface area contributed by atoms with Gasteiger partial charge in [0.05, 0.1) is 38.6 Å². The van der Waals surface area contributed by atoms with Crippen molar-refractivity contribution >= 4 is 5.91 Å². The minimum atomic E-state index is -1.99. The summed E-state index contributed by atoms with van der Waals surface area (Å²) in [5.41, 5.74) is 0. The molecule has 0 bridgehead atoms. The smallest absolute Gasteiger partial charge is 0.220 e.